The Morgan fingerprint density at radius 1 is 1.14 bits per heavy atom. The summed E-state index contributed by atoms with van der Waals surface area (Å²) in [6.07, 6.45) is 1.85. The lowest BCUT2D eigenvalue weighted by Gasteiger charge is -2.23. The first-order valence-corrected chi connectivity index (χ1v) is 7.77. The third-order valence-electron chi connectivity index (χ3n) is 3.48. The molecule has 1 fully saturated rings. The molecule has 2 rings (SSSR count). The lowest BCUT2D eigenvalue weighted by molar-refractivity contribution is -0.120. The maximum Gasteiger partial charge on any atom is 0.315 e. The van der Waals surface area contributed by atoms with Gasteiger partial charge in [0.2, 0.25) is 5.91 Å². The summed E-state index contributed by atoms with van der Waals surface area (Å²) in [6.45, 7) is 2.20. The summed E-state index contributed by atoms with van der Waals surface area (Å²) in [5.74, 6) is -0.159. The van der Waals surface area contributed by atoms with Crippen LogP contribution >= 0.6 is 11.6 Å². The van der Waals surface area contributed by atoms with Gasteiger partial charge in [0.15, 0.2) is 0 Å². The third kappa shape index (κ3) is 5.91. The molecule has 0 atom stereocenters. The molecular weight excluding hydrogens is 304 g/mol. The highest BCUT2D eigenvalue weighted by Gasteiger charge is 2.15. The minimum atomic E-state index is -0.365. The van der Waals surface area contributed by atoms with E-state index >= 15 is 0 Å². The number of hydrogen-bond donors (Lipinski definition) is 4. The van der Waals surface area contributed by atoms with Crippen LogP contribution in [0.2, 0.25) is 5.02 Å². The Kier molecular flexibility index (Phi) is 6.48. The van der Waals surface area contributed by atoms with E-state index in [1.165, 1.54) is 0 Å². The summed E-state index contributed by atoms with van der Waals surface area (Å²) in [4.78, 5) is 23.4. The molecule has 3 amide bonds. The predicted molar refractivity (Wildman–Crippen MR) is 85.7 cm³/mol. The lowest BCUT2D eigenvalue weighted by atomic mass is 10.1. The van der Waals surface area contributed by atoms with Gasteiger partial charge < -0.3 is 21.3 Å². The molecule has 1 aromatic rings. The maximum absolute atomic E-state index is 11.7. The fourth-order valence-electron chi connectivity index (χ4n) is 2.25. The van der Waals surface area contributed by atoms with Crippen LogP contribution in [0.1, 0.15) is 18.4 Å². The van der Waals surface area contributed by atoms with Gasteiger partial charge in [0, 0.05) is 17.6 Å². The van der Waals surface area contributed by atoms with Crippen LogP contribution in [-0.2, 0) is 11.3 Å². The Morgan fingerprint density at radius 2 is 1.82 bits per heavy atom. The largest absolute Gasteiger partial charge is 0.352 e. The Balaban J connectivity index is 1.62. The highest BCUT2D eigenvalue weighted by atomic mass is 35.5. The summed E-state index contributed by atoms with van der Waals surface area (Å²) >= 11 is 5.79. The second kappa shape index (κ2) is 8.60. The van der Waals surface area contributed by atoms with Gasteiger partial charge >= 0.3 is 6.03 Å². The zero-order chi connectivity index (χ0) is 15.8. The van der Waals surface area contributed by atoms with Crippen molar-refractivity contribution in [2.45, 2.75) is 25.4 Å². The number of carbonyl (C=O) groups is 2. The molecule has 1 aromatic carbocycles. The molecule has 1 heterocycles. The van der Waals surface area contributed by atoms with Crippen LogP contribution in [0.15, 0.2) is 24.3 Å². The van der Waals surface area contributed by atoms with Gasteiger partial charge in [0.05, 0.1) is 6.54 Å². The summed E-state index contributed by atoms with van der Waals surface area (Å²) < 4.78 is 0. The van der Waals surface area contributed by atoms with E-state index in [1.807, 2.05) is 12.1 Å². The minimum Gasteiger partial charge on any atom is -0.352 e. The van der Waals surface area contributed by atoms with E-state index in [9.17, 15) is 9.59 Å². The van der Waals surface area contributed by atoms with Gasteiger partial charge in [0.1, 0.15) is 0 Å². The van der Waals surface area contributed by atoms with Crippen molar-refractivity contribution in [1.29, 1.82) is 0 Å². The van der Waals surface area contributed by atoms with Gasteiger partial charge in [-0.05, 0) is 43.6 Å². The molecule has 0 saturated carbocycles. The first kappa shape index (κ1) is 16.6. The van der Waals surface area contributed by atoms with Crippen molar-refractivity contribution in [2.75, 3.05) is 19.6 Å². The van der Waals surface area contributed by atoms with E-state index in [-0.39, 0.29) is 24.5 Å². The van der Waals surface area contributed by atoms with Crippen LogP contribution in [0.5, 0.6) is 0 Å². The molecule has 1 aliphatic rings. The van der Waals surface area contributed by atoms with Gasteiger partial charge in [-0.2, -0.15) is 0 Å². The second-order valence-electron chi connectivity index (χ2n) is 5.25. The summed E-state index contributed by atoms with van der Waals surface area (Å²) in [5, 5.41) is 12.1. The zero-order valence-electron chi connectivity index (χ0n) is 12.3. The van der Waals surface area contributed by atoms with E-state index in [2.05, 4.69) is 21.3 Å². The van der Waals surface area contributed by atoms with E-state index in [1.54, 1.807) is 12.1 Å². The molecule has 0 aliphatic carbocycles. The van der Waals surface area contributed by atoms with Gasteiger partial charge in [-0.3, -0.25) is 4.79 Å². The molecule has 22 heavy (non-hydrogen) atoms. The molecular formula is C15H21ClN4O2. The van der Waals surface area contributed by atoms with Gasteiger partial charge in [-0.1, -0.05) is 23.7 Å². The molecule has 0 unspecified atom stereocenters. The Hall–Kier alpha value is -1.79. The molecule has 0 radical (unpaired) electrons. The number of benzene rings is 1. The molecule has 1 aliphatic heterocycles. The van der Waals surface area contributed by atoms with Crippen LogP contribution in [0, 0.1) is 0 Å². The van der Waals surface area contributed by atoms with Crippen LogP contribution < -0.4 is 21.3 Å². The van der Waals surface area contributed by atoms with Gasteiger partial charge in [-0.15, -0.1) is 0 Å². The second-order valence-corrected chi connectivity index (χ2v) is 5.69. The number of rotatable bonds is 5. The highest BCUT2D eigenvalue weighted by molar-refractivity contribution is 6.30. The normalized spacial score (nSPS) is 15.1. The highest BCUT2D eigenvalue weighted by Crippen LogP contribution is 2.08. The van der Waals surface area contributed by atoms with E-state index in [0.29, 0.717) is 11.6 Å². The monoisotopic (exact) mass is 324 g/mol. The van der Waals surface area contributed by atoms with Crippen molar-refractivity contribution in [1.82, 2.24) is 21.3 Å². The molecule has 120 valence electrons. The fourth-order valence-corrected chi connectivity index (χ4v) is 2.38. The minimum absolute atomic E-state index is 0.0175. The van der Waals surface area contributed by atoms with E-state index in [4.69, 9.17) is 11.6 Å². The van der Waals surface area contributed by atoms with Crippen molar-refractivity contribution in [3.63, 3.8) is 0 Å². The molecule has 0 spiro atoms. The van der Waals surface area contributed by atoms with Crippen molar-refractivity contribution in [3.05, 3.63) is 34.9 Å². The Labute approximate surface area is 135 Å². The van der Waals surface area contributed by atoms with Crippen LogP contribution in [0.3, 0.4) is 0 Å². The number of nitrogens with one attached hydrogen (secondary N) is 4. The molecule has 1 saturated heterocycles. The molecule has 7 heteroatoms. The van der Waals surface area contributed by atoms with Crippen LogP contribution in [0.4, 0.5) is 4.79 Å². The summed E-state index contributed by atoms with van der Waals surface area (Å²) in [5.41, 5.74) is 0.943. The van der Waals surface area contributed by atoms with Gasteiger partial charge in [0.25, 0.3) is 0 Å². The third-order valence-corrected chi connectivity index (χ3v) is 3.73. The number of carbonyl (C=O) groups excluding carboxylic acids is 2. The number of halogens is 1. The molecule has 0 bridgehead atoms. The van der Waals surface area contributed by atoms with E-state index < -0.39 is 0 Å². The van der Waals surface area contributed by atoms with Crippen LogP contribution in [-0.4, -0.2) is 37.6 Å². The number of piperidine rings is 1. The summed E-state index contributed by atoms with van der Waals surface area (Å²) in [7, 11) is 0. The standard InChI is InChI=1S/C15H21ClN4O2/c16-12-3-1-11(2-4-12)9-18-15(22)19-10-14(21)20-13-5-7-17-8-6-13/h1-4,13,17H,5-10H2,(H,20,21)(H2,18,19,22). The fraction of sp³-hybridized carbons (Fsp3) is 0.467. The van der Waals surface area contributed by atoms with E-state index in [0.717, 1.165) is 31.5 Å². The lowest BCUT2D eigenvalue weighted by Crippen LogP contribution is -2.47. The average Bonchev–Trinajstić information content (AvgIpc) is 2.53. The quantitative estimate of drug-likeness (QED) is 0.652. The molecule has 6 nitrogen and oxygen atoms in total. The predicted octanol–water partition coefficient (Wildman–Crippen LogP) is 1.01. The SMILES string of the molecule is O=C(CNC(=O)NCc1ccc(Cl)cc1)NC1CCNCC1. The smallest absolute Gasteiger partial charge is 0.315 e. The van der Waals surface area contributed by atoms with Crippen molar-refractivity contribution in [2.24, 2.45) is 0 Å². The number of amides is 3. The Bertz CT molecular complexity index is 501. The average molecular weight is 325 g/mol. The van der Waals surface area contributed by atoms with Crippen molar-refractivity contribution >= 4 is 23.5 Å². The topological polar surface area (TPSA) is 82.3 Å². The maximum atomic E-state index is 11.7. The van der Waals surface area contributed by atoms with Crippen molar-refractivity contribution in [3.8, 4) is 0 Å². The van der Waals surface area contributed by atoms with Gasteiger partial charge in [-0.25, -0.2) is 4.79 Å². The first-order chi connectivity index (χ1) is 10.6. The summed E-state index contributed by atoms with van der Waals surface area (Å²) in [6, 6.07) is 7.05. The number of hydrogen-bond acceptors (Lipinski definition) is 3. The Morgan fingerprint density at radius 3 is 2.50 bits per heavy atom. The molecule has 0 aromatic heterocycles. The van der Waals surface area contributed by atoms with Crippen molar-refractivity contribution < 1.29 is 9.59 Å². The van der Waals surface area contributed by atoms with Crippen LogP contribution in [0.25, 0.3) is 0 Å². The zero-order valence-corrected chi connectivity index (χ0v) is 13.1. The first-order valence-electron chi connectivity index (χ1n) is 7.40. The molecule has 4 N–H and O–H groups in total. The number of urea groups is 1.